The number of benzene rings is 1. The zero-order valence-electron chi connectivity index (χ0n) is 14.0. The Morgan fingerprint density at radius 1 is 1.17 bits per heavy atom. The van der Waals surface area contributed by atoms with Gasteiger partial charge in [0.1, 0.15) is 12.1 Å². The molecule has 2 aromatic rings. The zero-order valence-corrected chi connectivity index (χ0v) is 14.0. The van der Waals surface area contributed by atoms with Crippen molar-refractivity contribution in [2.24, 2.45) is 0 Å². The van der Waals surface area contributed by atoms with Gasteiger partial charge in [-0.05, 0) is 12.1 Å². The average Bonchev–Trinajstić information content (AvgIpc) is 2.47. The van der Waals surface area contributed by atoms with E-state index in [1.165, 1.54) is 6.07 Å². The minimum Gasteiger partial charge on any atom is -0.397 e. The largest absolute Gasteiger partial charge is 1.00 e. The normalized spacial score (nSPS) is 12.0. The molecular weight excluding hydrogens is 312 g/mol. The number of alkyl halides is 3. The summed E-state index contributed by atoms with van der Waals surface area (Å²) in [4.78, 5) is 7.66. The Morgan fingerprint density at radius 3 is 2.25 bits per heavy atom. The second-order valence-electron chi connectivity index (χ2n) is 4.72. The molecule has 128 valence electrons. The van der Waals surface area contributed by atoms with E-state index in [-0.39, 0.29) is 30.4 Å². The summed E-state index contributed by atoms with van der Waals surface area (Å²) in [5, 5.41) is 6.12. The molecule has 0 aliphatic rings. The summed E-state index contributed by atoms with van der Waals surface area (Å²) in [5.41, 5.74) is -0.870. The topological polar surface area (TPSA) is 49.8 Å². The Balaban J connectivity index is 0.000000777. The summed E-state index contributed by atoms with van der Waals surface area (Å²) < 4.78 is 38.5. The minimum atomic E-state index is -4.43. The fourth-order valence-electron chi connectivity index (χ4n) is 1.79. The molecule has 1 aromatic carbocycles. The van der Waals surface area contributed by atoms with Gasteiger partial charge in [0.15, 0.2) is 0 Å². The van der Waals surface area contributed by atoms with Crippen molar-refractivity contribution in [3.63, 3.8) is 0 Å². The summed E-state index contributed by atoms with van der Waals surface area (Å²) in [6, 6.07) is 3.73. The predicted octanol–water partition coefficient (Wildman–Crippen LogP) is 0.531. The van der Waals surface area contributed by atoms with E-state index in [1.807, 2.05) is 0 Å². The quantitative estimate of drug-likeness (QED) is 0.634. The molecule has 0 spiro atoms. The van der Waals surface area contributed by atoms with Crippen LogP contribution in [0.15, 0.2) is 24.5 Å². The van der Waals surface area contributed by atoms with E-state index >= 15 is 0 Å². The molecule has 4 nitrogen and oxygen atoms in total. The molecule has 2 rings (SSSR count). The monoisotopic (exact) mass is 332 g/mol. The molecular formula is C16H20F3LiN4-2. The first-order chi connectivity index (χ1) is 10.8. The standard InChI is InChI=1S/C12H11F3N3.C4H9N.Li/c1-7(2)18-11-8-4-3-5-9(12(13,14)15)10(8)16-6-17-11;1-3-5-4-2;/h3-7H,1H2,2H3,(H,16,17,18);5H,1-4H2;/q-1;-2;+1/t7-;;/m1../s1. The van der Waals surface area contributed by atoms with Crippen molar-refractivity contribution in [3.05, 3.63) is 50.9 Å². The van der Waals surface area contributed by atoms with E-state index in [2.05, 4.69) is 41.4 Å². The van der Waals surface area contributed by atoms with Gasteiger partial charge in [-0.2, -0.15) is 13.2 Å². The molecule has 0 saturated heterocycles. The number of hydrogen-bond donors (Lipinski definition) is 2. The second-order valence-corrected chi connectivity index (χ2v) is 4.72. The van der Waals surface area contributed by atoms with Crippen LogP contribution in [0.4, 0.5) is 19.0 Å². The number of nitrogens with one attached hydrogen (secondary N) is 2. The van der Waals surface area contributed by atoms with Crippen molar-refractivity contribution in [2.75, 3.05) is 18.4 Å². The molecule has 1 aromatic heterocycles. The van der Waals surface area contributed by atoms with Crippen molar-refractivity contribution in [1.82, 2.24) is 15.3 Å². The van der Waals surface area contributed by atoms with Gasteiger partial charge in [0.05, 0.1) is 11.1 Å². The summed E-state index contributed by atoms with van der Waals surface area (Å²) >= 11 is 0. The Morgan fingerprint density at radius 2 is 1.79 bits per heavy atom. The number of rotatable bonds is 4. The van der Waals surface area contributed by atoms with Gasteiger partial charge >= 0.3 is 25.0 Å². The van der Waals surface area contributed by atoms with Crippen molar-refractivity contribution >= 4 is 16.7 Å². The number of hydrogen-bond acceptors (Lipinski definition) is 4. The molecule has 0 aliphatic carbocycles. The summed E-state index contributed by atoms with van der Waals surface area (Å²) in [6.45, 7) is 14.1. The van der Waals surface area contributed by atoms with Crippen LogP contribution in [0.3, 0.4) is 0 Å². The summed E-state index contributed by atoms with van der Waals surface area (Å²) in [5.74, 6) is 0.355. The smallest absolute Gasteiger partial charge is 0.397 e. The molecule has 0 radical (unpaired) electrons. The number of anilines is 1. The molecule has 0 fully saturated rings. The van der Waals surface area contributed by atoms with Gasteiger partial charge in [-0.3, -0.25) is 0 Å². The third kappa shape index (κ3) is 6.68. The molecule has 8 heteroatoms. The molecule has 0 unspecified atom stereocenters. The maximum absolute atomic E-state index is 12.8. The maximum Gasteiger partial charge on any atom is 1.00 e. The van der Waals surface area contributed by atoms with Crippen LogP contribution in [0.5, 0.6) is 0 Å². The van der Waals surface area contributed by atoms with Crippen molar-refractivity contribution < 1.29 is 32.0 Å². The molecule has 1 heterocycles. The third-order valence-corrected chi connectivity index (χ3v) is 2.71. The molecule has 0 saturated carbocycles. The Labute approximate surface area is 152 Å². The Bertz CT molecular complexity index is 616. The predicted molar refractivity (Wildman–Crippen MR) is 86.6 cm³/mol. The van der Waals surface area contributed by atoms with Crippen LogP contribution in [-0.4, -0.2) is 29.1 Å². The van der Waals surface area contributed by atoms with Crippen molar-refractivity contribution in [1.29, 1.82) is 0 Å². The van der Waals surface area contributed by atoms with E-state index in [4.69, 9.17) is 0 Å². The fraction of sp³-hybridized carbons (Fsp3) is 0.312. The number of para-hydroxylation sites is 1. The molecule has 24 heavy (non-hydrogen) atoms. The van der Waals surface area contributed by atoms with Crippen molar-refractivity contribution in [3.8, 4) is 0 Å². The van der Waals surface area contributed by atoms with Gasteiger partial charge in [0.2, 0.25) is 0 Å². The van der Waals surface area contributed by atoms with Gasteiger partial charge in [0.25, 0.3) is 0 Å². The SMILES string of the molecule is [CH2-]CNC[CH2-].[CH2-][C@H](C)Nc1ncnc2c(C(F)(F)F)cccc12.[Li+]. The zero-order chi connectivity index (χ0) is 17.5. The maximum atomic E-state index is 12.8. The fourth-order valence-corrected chi connectivity index (χ4v) is 1.79. The number of fused-ring (bicyclic) bond motifs is 1. The van der Waals surface area contributed by atoms with Crippen LogP contribution >= 0.6 is 0 Å². The van der Waals surface area contributed by atoms with Gasteiger partial charge in [0, 0.05) is 5.39 Å². The van der Waals surface area contributed by atoms with E-state index in [0.717, 1.165) is 25.5 Å². The van der Waals surface area contributed by atoms with Gasteiger partial charge < -0.3 is 31.4 Å². The Kier molecular flexibility index (Phi) is 9.98. The van der Waals surface area contributed by atoms with Crippen LogP contribution < -0.4 is 29.5 Å². The van der Waals surface area contributed by atoms with Crippen LogP contribution in [-0.2, 0) is 6.18 Å². The second kappa shape index (κ2) is 10.5. The van der Waals surface area contributed by atoms with Crippen LogP contribution in [0, 0.1) is 20.8 Å². The summed E-state index contributed by atoms with van der Waals surface area (Å²) in [6.07, 6.45) is -3.32. The number of aromatic nitrogens is 2. The van der Waals surface area contributed by atoms with E-state index in [1.54, 1.807) is 13.0 Å². The first-order valence-corrected chi connectivity index (χ1v) is 7.01. The van der Waals surface area contributed by atoms with Gasteiger partial charge in [-0.25, -0.2) is 9.97 Å². The van der Waals surface area contributed by atoms with E-state index in [0.29, 0.717) is 11.2 Å². The molecule has 0 aliphatic heterocycles. The minimum absolute atomic E-state index is 0. The van der Waals surface area contributed by atoms with E-state index in [9.17, 15) is 13.2 Å². The molecule has 1 atom stereocenters. The number of halogens is 3. The van der Waals surface area contributed by atoms with Crippen LogP contribution in [0.1, 0.15) is 12.5 Å². The first kappa shape index (κ1) is 22.7. The molecule has 0 amide bonds. The van der Waals surface area contributed by atoms with Crippen molar-refractivity contribution in [2.45, 2.75) is 19.1 Å². The average molecular weight is 332 g/mol. The first-order valence-electron chi connectivity index (χ1n) is 7.01. The van der Waals surface area contributed by atoms with E-state index < -0.39 is 11.7 Å². The molecule has 0 bridgehead atoms. The van der Waals surface area contributed by atoms with Crippen LogP contribution in [0.2, 0.25) is 0 Å². The third-order valence-electron chi connectivity index (χ3n) is 2.71. The van der Waals surface area contributed by atoms with Gasteiger partial charge in [-0.15, -0.1) is 19.1 Å². The summed E-state index contributed by atoms with van der Waals surface area (Å²) in [7, 11) is 0. The van der Waals surface area contributed by atoms with Gasteiger partial charge in [-0.1, -0.05) is 13.0 Å². The molecule has 2 N–H and O–H groups in total. The Hall–Kier alpha value is -1.29. The van der Waals surface area contributed by atoms with Crippen LogP contribution in [0.25, 0.3) is 10.9 Å². The number of nitrogens with zero attached hydrogens (tertiary/aromatic N) is 2.